The molecule has 1 amide bonds. The van der Waals surface area contributed by atoms with Crippen molar-refractivity contribution in [2.24, 2.45) is 11.0 Å². The van der Waals surface area contributed by atoms with Gasteiger partial charge in [-0.2, -0.15) is 5.10 Å². The maximum absolute atomic E-state index is 10.9. The lowest BCUT2D eigenvalue weighted by molar-refractivity contribution is -0.130. The summed E-state index contributed by atoms with van der Waals surface area (Å²) in [5.41, 5.74) is 0.905. The fraction of sp³-hybridized carbons (Fsp3) is 0.667. The van der Waals surface area contributed by atoms with Crippen LogP contribution in [0.4, 0.5) is 0 Å². The van der Waals surface area contributed by atoms with Gasteiger partial charge in [-0.05, 0) is 13.8 Å². The number of amides is 1. The van der Waals surface area contributed by atoms with Gasteiger partial charge in [0.2, 0.25) is 0 Å². The van der Waals surface area contributed by atoms with Crippen LogP contribution in [-0.4, -0.2) is 23.7 Å². The lowest BCUT2D eigenvalue weighted by atomic mass is 10.1. The highest BCUT2D eigenvalue weighted by Gasteiger charge is 2.25. The molecule has 50 valence electrons. The van der Waals surface area contributed by atoms with Gasteiger partial charge in [0.15, 0.2) is 0 Å². The molecule has 3 heteroatoms. The Morgan fingerprint density at radius 1 is 1.67 bits per heavy atom. The van der Waals surface area contributed by atoms with Crippen molar-refractivity contribution in [1.29, 1.82) is 0 Å². The second-order valence-corrected chi connectivity index (χ2v) is 2.32. The van der Waals surface area contributed by atoms with Gasteiger partial charge >= 0.3 is 0 Å². The summed E-state index contributed by atoms with van der Waals surface area (Å²) in [7, 11) is 1.68. The number of hydrazone groups is 1. The number of rotatable bonds is 0. The van der Waals surface area contributed by atoms with Gasteiger partial charge in [-0.1, -0.05) is 0 Å². The Balaban J connectivity index is 2.82. The highest BCUT2D eigenvalue weighted by Crippen LogP contribution is 2.11. The van der Waals surface area contributed by atoms with Crippen molar-refractivity contribution in [3.8, 4) is 0 Å². The molecule has 0 aliphatic carbocycles. The summed E-state index contributed by atoms with van der Waals surface area (Å²) in [5.74, 6) is 0.0856. The Hall–Kier alpha value is -0.860. The zero-order valence-electron chi connectivity index (χ0n) is 5.88. The zero-order valence-corrected chi connectivity index (χ0v) is 5.88. The normalized spacial score (nSPS) is 27.0. The van der Waals surface area contributed by atoms with Crippen LogP contribution in [0.25, 0.3) is 0 Å². The first-order chi connectivity index (χ1) is 4.13. The van der Waals surface area contributed by atoms with Crippen molar-refractivity contribution in [3.05, 3.63) is 0 Å². The van der Waals surface area contributed by atoms with Crippen molar-refractivity contribution in [1.82, 2.24) is 5.01 Å². The molecule has 0 N–H and O–H groups in total. The molecule has 1 heterocycles. The van der Waals surface area contributed by atoms with E-state index in [1.165, 1.54) is 5.01 Å². The van der Waals surface area contributed by atoms with E-state index >= 15 is 0 Å². The number of carbonyl (C=O) groups is 1. The average Bonchev–Trinajstić information content (AvgIpc) is 1.98. The van der Waals surface area contributed by atoms with E-state index in [1.807, 2.05) is 13.8 Å². The highest BCUT2D eigenvalue weighted by atomic mass is 16.2. The molecule has 0 aromatic heterocycles. The lowest BCUT2D eigenvalue weighted by Gasteiger charge is -2.02. The van der Waals surface area contributed by atoms with Gasteiger partial charge < -0.3 is 0 Å². The summed E-state index contributed by atoms with van der Waals surface area (Å²) in [4.78, 5) is 10.9. The second kappa shape index (κ2) is 1.83. The standard InChI is InChI=1S/C6H10N2O/c1-4-5(2)7-8(3)6(4)9/h4H,1-3H3. The molecule has 9 heavy (non-hydrogen) atoms. The Kier molecular flexibility index (Phi) is 1.27. The van der Waals surface area contributed by atoms with Crippen LogP contribution in [0.2, 0.25) is 0 Å². The van der Waals surface area contributed by atoms with Crippen LogP contribution >= 0.6 is 0 Å². The summed E-state index contributed by atoms with van der Waals surface area (Å²) < 4.78 is 0. The predicted octanol–water partition coefficient (Wildman–Crippen LogP) is 0.470. The van der Waals surface area contributed by atoms with E-state index in [-0.39, 0.29) is 11.8 Å². The fourth-order valence-corrected chi connectivity index (χ4v) is 0.831. The summed E-state index contributed by atoms with van der Waals surface area (Å²) in [6.07, 6.45) is 0. The minimum Gasteiger partial charge on any atom is -0.272 e. The van der Waals surface area contributed by atoms with Gasteiger partial charge in [0.1, 0.15) is 0 Å². The molecule has 1 aliphatic heterocycles. The van der Waals surface area contributed by atoms with Gasteiger partial charge in [-0.25, -0.2) is 5.01 Å². The third kappa shape index (κ3) is 0.823. The first-order valence-electron chi connectivity index (χ1n) is 2.95. The molecular weight excluding hydrogens is 116 g/mol. The molecule has 0 aromatic carbocycles. The van der Waals surface area contributed by atoms with Gasteiger partial charge in [-0.3, -0.25) is 4.79 Å². The molecule has 0 saturated carbocycles. The maximum atomic E-state index is 10.9. The van der Waals surface area contributed by atoms with E-state index in [9.17, 15) is 4.79 Å². The SMILES string of the molecule is CC1=NN(C)C(=O)C1C. The molecule has 0 spiro atoms. The largest absolute Gasteiger partial charge is 0.272 e. The molecule has 0 saturated heterocycles. The quantitative estimate of drug-likeness (QED) is 0.464. The van der Waals surface area contributed by atoms with Crippen LogP contribution in [0.1, 0.15) is 13.8 Å². The smallest absolute Gasteiger partial charge is 0.250 e. The van der Waals surface area contributed by atoms with Crippen LogP contribution < -0.4 is 0 Å². The molecule has 1 atom stereocenters. The Labute approximate surface area is 54.3 Å². The van der Waals surface area contributed by atoms with Gasteiger partial charge in [-0.15, -0.1) is 0 Å². The van der Waals surface area contributed by atoms with Crippen LogP contribution in [0.3, 0.4) is 0 Å². The maximum Gasteiger partial charge on any atom is 0.250 e. The third-order valence-corrected chi connectivity index (χ3v) is 1.62. The zero-order chi connectivity index (χ0) is 7.02. The number of hydrogen-bond acceptors (Lipinski definition) is 2. The third-order valence-electron chi connectivity index (χ3n) is 1.62. The molecule has 1 unspecified atom stereocenters. The minimum atomic E-state index is -0.00463. The van der Waals surface area contributed by atoms with E-state index in [4.69, 9.17) is 0 Å². The summed E-state index contributed by atoms with van der Waals surface area (Å²) in [5, 5.41) is 5.34. The van der Waals surface area contributed by atoms with Crippen molar-refractivity contribution >= 4 is 11.6 Å². The fourth-order valence-electron chi connectivity index (χ4n) is 0.831. The first kappa shape index (κ1) is 6.26. The lowest BCUT2D eigenvalue weighted by Crippen LogP contribution is -2.21. The highest BCUT2D eigenvalue weighted by molar-refractivity contribution is 6.06. The van der Waals surface area contributed by atoms with Crippen molar-refractivity contribution in [3.63, 3.8) is 0 Å². The Morgan fingerprint density at radius 3 is 2.33 bits per heavy atom. The Morgan fingerprint density at radius 2 is 2.22 bits per heavy atom. The monoisotopic (exact) mass is 126 g/mol. The molecule has 0 radical (unpaired) electrons. The molecule has 0 bridgehead atoms. The van der Waals surface area contributed by atoms with Crippen LogP contribution in [0.5, 0.6) is 0 Å². The van der Waals surface area contributed by atoms with Crippen molar-refractivity contribution in [2.75, 3.05) is 7.05 Å². The number of carbonyl (C=O) groups excluding carboxylic acids is 1. The van der Waals surface area contributed by atoms with Gasteiger partial charge in [0.05, 0.1) is 5.92 Å². The average molecular weight is 126 g/mol. The van der Waals surface area contributed by atoms with Gasteiger partial charge in [0.25, 0.3) is 5.91 Å². The van der Waals surface area contributed by atoms with E-state index < -0.39 is 0 Å². The van der Waals surface area contributed by atoms with Crippen LogP contribution in [0.15, 0.2) is 5.10 Å². The van der Waals surface area contributed by atoms with Gasteiger partial charge in [0, 0.05) is 12.8 Å². The van der Waals surface area contributed by atoms with Crippen LogP contribution in [0, 0.1) is 5.92 Å². The Bertz CT molecular complexity index is 174. The molecule has 1 rings (SSSR count). The minimum absolute atomic E-state index is 0.00463. The summed E-state index contributed by atoms with van der Waals surface area (Å²) >= 11 is 0. The van der Waals surface area contributed by atoms with E-state index in [2.05, 4.69) is 5.10 Å². The van der Waals surface area contributed by atoms with E-state index in [0.717, 1.165) is 5.71 Å². The molecular formula is C6H10N2O. The van der Waals surface area contributed by atoms with Crippen molar-refractivity contribution < 1.29 is 4.79 Å². The van der Waals surface area contributed by atoms with Crippen molar-refractivity contribution in [2.45, 2.75) is 13.8 Å². The molecule has 1 aliphatic rings. The predicted molar refractivity (Wildman–Crippen MR) is 35.0 cm³/mol. The summed E-state index contributed by atoms with van der Waals surface area (Å²) in [6, 6.07) is 0. The molecule has 0 aromatic rings. The first-order valence-corrected chi connectivity index (χ1v) is 2.95. The molecule has 3 nitrogen and oxygen atoms in total. The molecule has 0 fully saturated rings. The van der Waals surface area contributed by atoms with E-state index in [1.54, 1.807) is 7.05 Å². The second-order valence-electron chi connectivity index (χ2n) is 2.32. The van der Waals surface area contributed by atoms with Crippen LogP contribution in [-0.2, 0) is 4.79 Å². The number of hydrogen-bond donors (Lipinski definition) is 0. The summed E-state index contributed by atoms with van der Waals surface area (Å²) in [6.45, 7) is 3.73. The topological polar surface area (TPSA) is 32.7 Å². The number of nitrogens with zero attached hydrogens (tertiary/aromatic N) is 2. The van der Waals surface area contributed by atoms with E-state index in [0.29, 0.717) is 0 Å².